The van der Waals surface area contributed by atoms with Crippen molar-refractivity contribution in [3.63, 3.8) is 0 Å². The number of hydrazone groups is 1. The molecular formula is C27H28N2. The van der Waals surface area contributed by atoms with Gasteiger partial charge in [-0.2, -0.15) is 5.10 Å². The lowest BCUT2D eigenvalue weighted by molar-refractivity contribution is 0.590. The average Bonchev–Trinajstić information content (AvgIpc) is 3.17. The van der Waals surface area contributed by atoms with Crippen molar-refractivity contribution in [3.05, 3.63) is 108 Å². The van der Waals surface area contributed by atoms with Gasteiger partial charge in [0.15, 0.2) is 0 Å². The highest BCUT2D eigenvalue weighted by atomic mass is 15.5. The summed E-state index contributed by atoms with van der Waals surface area (Å²) < 4.78 is 0. The number of allylic oxidation sites excluding steroid dienone is 1. The molecule has 29 heavy (non-hydrogen) atoms. The molecule has 3 aromatic rings. The summed E-state index contributed by atoms with van der Waals surface area (Å²) in [6, 6.07) is 30.1. The van der Waals surface area contributed by atoms with Gasteiger partial charge < -0.3 is 0 Å². The van der Waals surface area contributed by atoms with Crippen LogP contribution in [0.5, 0.6) is 0 Å². The van der Waals surface area contributed by atoms with E-state index in [1.54, 1.807) is 0 Å². The number of benzene rings is 3. The molecule has 1 heterocycles. The zero-order valence-electron chi connectivity index (χ0n) is 17.4. The minimum absolute atomic E-state index is 0.148. The van der Waals surface area contributed by atoms with Gasteiger partial charge in [-0.1, -0.05) is 99.6 Å². The maximum atomic E-state index is 4.99. The molecule has 0 amide bonds. The van der Waals surface area contributed by atoms with Crippen LogP contribution in [0.2, 0.25) is 0 Å². The van der Waals surface area contributed by atoms with Crippen molar-refractivity contribution in [1.82, 2.24) is 0 Å². The Bertz CT molecular complexity index is 994. The third-order valence-corrected chi connectivity index (χ3v) is 5.38. The van der Waals surface area contributed by atoms with Crippen LogP contribution in [0, 0.1) is 0 Å². The quantitative estimate of drug-likeness (QED) is 0.475. The van der Waals surface area contributed by atoms with Crippen LogP contribution in [0.3, 0.4) is 0 Å². The van der Waals surface area contributed by atoms with Gasteiger partial charge in [-0.05, 0) is 40.3 Å². The molecule has 1 unspecified atom stereocenters. The van der Waals surface area contributed by atoms with Crippen molar-refractivity contribution in [1.29, 1.82) is 0 Å². The summed E-state index contributed by atoms with van der Waals surface area (Å²) in [5.74, 6) is 0. The molecule has 0 aliphatic carbocycles. The zero-order valence-corrected chi connectivity index (χ0v) is 17.4. The summed E-state index contributed by atoms with van der Waals surface area (Å²) in [6.45, 7) is 6.74. The van der Waals surface area contributed by atoms with E-state index in [9.17, 15) is 0 Å². The Kier molecular flexibility index (Phi) is 5.35. The van der Waals surface area contributed by atoms with E-state index in [0.29, 0.717) is 0 Å². The number of hydrogen-bond acceptors (Lipinski definition) is 2. The van der Waals surface area contributed by atoms with E-state index in [2.05, 4.69) is 117 Å². The highest BCUT2D eigenvalue weighted by Gasteiger charge is 2.28. The van der Waals surface area contributed by atoms with Gasteiger partial charge in [-0.3, -0.25) is 5.01 Å². The molecule has 146 valence electrons. The predicted octanol–water partition coefficient (Wildman–Crippen LogP) is 7.00. The third-order valence-electron chi connectivity index (χ3n) is 5.38. The normalized spacial score (nSPS) is 17.0. The van der Waals surface area contributed by atoms with Crippen molar-refractivity contribution in [2.75, 3.05) is 5.01 Å². The number of hydrogen-bond donors (Lipinski definition) is 0. The van der Waals surface area contributed by atoms with E-state index < -0.39 is 0 Å². The van der Waals surface area contributed by atoms with Crippen molar-refractivity contribution in [2.45, 2.75) is 38.6 Å². The van der Waals surface area contributed by atoms with Gasteiger partial charge in [-0.25, -0.2) is 0 Å². The minimum Gasteiger partial charge on any atom is -0.257 e. The lowest BCUT2D eigenvalue weighted by atomic mass is 9.87. The van der Waals surface area contributed by atoms with Gasteiger partial charge in [-0.15, -0.1) is 0 Å². The first-order valence-electron chi connectivity index (χ1n) is 10.3. The van der Waals surface area contributed by atoms with Gasteiger partial charge in [0.2, 0.25) is 0 Å². The summed E-state index contributed by atoms with van der Waals surface area (Å²) in [4.78, 5) is 0. The van der Waals surface area contributed by atoms with Crippen LogP contribution in [-0.2, 0) is 5.41 Å². The largest absolute Gasteiger partial charge is 0.257 e. The number of anilines is 1. The van der Waals surface area contributed by atoms with E-state index in [4.69, 9.17) is 5.10 Å². The Balaban J connectivity index is 1.65. The second kappa shape index (κ2) is 8.08. The molecule has 2 nitrogen and oxygen atoms in total. The lowest BCUT2D eigenvalue weighted by Crippen LogP contribution is -2.19. The molecule has 1 aliphatic rings. The van der Waals surface area contributed by atoms with Crippen LogP contribution in [0.1, 0.15) is 49.9 Å². The van der Waals surface area contributed by atoms with Crippen LogP contribution in [0.15, 0.2) is 96.1 Å². The first-order valence-corrected chi connectivity index (χ1v) is 10.3. The third kappa shape index (κ3) is 4.48. The highest BCUT2D eigenvalue weighted by molar-refractivity contribution is 6.01. The zero-order chi connectivity index (χ0) is 20.3. The molecule has 3 aromatic carbocycles. The Morgan fingerprint density at radius 2 is 1.41 bits per heavy atom. The van der Waals surface area contributed by atoms with Gasteiger partial charge in [0.25, 0.3) is 0 Å². The fourth-order valence-corrected chi connectivity index (χ4v) is 3.68. The topological polar surface area (TPSA) is 15.6 Å². The van der Waals surface area contributed by atoms with Crippen molar-refractivity contribution < 1.29 is 0 Å². The second-order valence-corrected chi connectivity index (χ2v) is 8.61. The summed E-state index contributed by atoms with van der Waals surface area (Å²) in [5.41, 5.74) is 6.20. The van der Waals surface area contributed by atoms with Crippen LogP contribution >= 0.6 is 0 Å². The van der Waals surface area contributed by atoms with Crippen molar-refractivity contribution in [3.8, 4) is 0 Å². The summed E-state index contributed by atoms with van der Waals surface area (Å²) >= 11 is 0. The molecular weight excluding hydrogens is 352 g/mol. The van der Waals surface area contributed by atoms with Crippen LogP contribution < -0.4 is 5.01 Å². The summed E-state index contributed by atoms with van der Waals surface area (Å²) in [7, 11) is 0. The summed E-state index contributed by atoms with van der Waals surface area (Å²) in [5, 5.41) is 7.16. The highest BCUT2D eigenvalue weighted by Crippen LogP contribution is 2.36. The molecule has 0 N–H and O–H groups in total. The van der Waals surface area contributed by atoms with E-state index >= 15 is 0 Å². The van der Waals surface area contributed by atoms with E-state index in [1.807, 2.05) is 6.07 Å². The van der Waals surface area contributed by atoms with Crippen molar-refractivity contribution >= 4 is 17.5 Å². The Labute approximate surface area is 174 Å². The molecule has 0 aromatic heterocycles. The molecule has 1 atom stereocenters. The minimum atomic E-state index is 0.148. The summed E-state index contributed by atoms with van der Waals surface area (Å²) in [6.07, 6.45) is 5.19. The molecule has 1 aliphatic heterocycles. The molecule has 4 rings (SSSR count). The van der Waals surface area contributed by atoms with Crippen LogP contribution in [0.25, 0.3) is 6.08 Å². The van der Waals surface area contributed by atoms with Gasteiger partial charge >= 0.3 is 0 Å². The molecule has 0 saturated carbocycles. The van der Waals surface area contributed by atoms with Crippen LogP contribution in [-0.4, -0.2) is 5.71 Å². The smallest absolute Gasteiger partial charge is 0.0831 e. The SMILES string of the molecule is CC(C)(C)c1ccc(N2N=C(C=Cc3ccccc3)CC2c2ccccc2)cc1. The molecule has 0 bridgehead atoms. The Hall–Kier alpha value is -3.13. The Morgan fingerprint density at radius 1 is 0.793 bits per heavy atom. The fourth-order valence-electron chi connectivity index (χ4n) is 3.68. The van der Waals surface area contributed by atoms with Gasteiger partial charge in [0, 0.05) is 6.42 Å². The monoisotopic (exact) mass is 380 g/mol. The first-order chi connectivity index (χ1) is 14.0. The molecule has 2 heteroatoms. The van der Waals surface area contributed by atoms with E-state index in [0.717, 1.165) is 17.8 Å². The van der Waals surface area contributed by atoms with E-state index in [-0.39, 0.29) is 11.5 Å². The van der Waals surface area contributed by atoms with Gasteiger partial charge in [0.1, 0.15) is 0 Å². The van der Waals surface area contributed by atoms with Gasteiger partial charge in [0.05, 0.1) is 17.4 Å². The number of nitrogens with zero attached hydrogens (tertiary/aromatic N) is 2. The molecule has 0 saturated heterocycles. The predicted molar refractivity (Wildman–Crippen MR) is 124 cm³/mol. The Morgan fingerprint density at radius 3 is 2.03 bits per heavy atom. The average molecular weight is 381 g/mol. The fraction of sp³-hybridized carbons (Fsp3) is 0.222. The molecule has 0 fully saturated rings. The lowest BCUT2D eigenvalue weighted by Gasteiger charge is -2.25. The van der Waals surface area contributed by atoms with Crippen LogP contribution in [0.4, 0.5) is 5.69 Å². The first kappa shape index (κ1) is 19.2. The van der Waals surface area contributed by atoms with E-state index in [1.165, 1.54) is 16.7 Å². The standard InChI is InChI=1S/C27H28N2/c1-27(2,3)23-15-18-25(19-16-23)29-26(22-12-8-5-9-13-22)20-24(28-29)17-14-21-10-6-4-7-11-21/h4-19,26H,20H2,1-3H3. The molecule has 0 radical (unpaired) electrons. The second-order valence-electron chi connectivity index (χ2n) is 8.61. The van der Waals surface area contributed by atoms with Crippen molar-refractivity contribution in [2.24, 2.45) is 5.10 Å². The molecule has 0 spiro atoms. The maximum absolute atomic E-state index is 4.99. The maximum Gasteiger partial charge on any atom is 0.0831 e. The number of rotatable bonds is 4.